The van der Waals surface area contributed by atoms with E-state index in [0.717, 1.165) is 57.2 Å². The molecule has 2 aliphatic rings. The van der Waals surface area contributed by atoms with Crippen molar-refractivity contribution >= 4 is 5.91 Å². The van der Waals surface area contributed by atoms with Crippen LogP contribution in [0, 0.1) is 12.8 Å². The first-order valence-corrected chi connectivity index (χ1v) is 9.70. The number of hydrogen-bond donors (Lipinski definition) is 2. The number of rotatable bonds is 5. The first kappa shape index (κ1) is 18.3. The van der Waals surface area contributed by atoms with E-state index in [2.05, 4.69) is 39.7 Å². The summed E-state index contributed by atoms with van der Waals surface area (Å²) >= 11 is 0. The van der Waals surface area contributed by atoms with Crippen LogP contribution in [0.5, 0.6) is 0 Å². The Hall–Kier alpha value is -1.47. The molecule has 0 aliphatic carbocycles. The number of likely N-dealkylation sites (tertiary alicyclic amines) is 1. The van der Waals surface area contributed by atoms with Crippen molar-refractivity contribution in [1.29, 1.82) is 0 Å². The zero-order chi connectivity index (χ0) is 17.8. The van der Waals surface area contributed by atoms with Crippen LogP contribution >= 0.6 is 0 Å². The minimum Gasteiger partial charge on any atom is -0.347 e. The minimum absolute atomic E-state index is 0.102. The first-order chi connectivity index (χ1) is 12.0. The third kappa shape index (κ3) is 4.58. The van der Waals surface area contributed by atoms with Crippen LogP contribution in [0.2, 0.25) is 0 Å². The normalized spacial score (nSPS) is 24.2. The minimum atomic E-state index is -0.102. The highest BCUT2D eigenvalue weighted by molar-refractivity contribution is 5.93. The summed E-state index contributed by atoms with van der Waals surface area (Å²) in [5.41, 5.74) is 1.35. The molecule has 0 spiro atoms. The zero-order valence-electron chi connectivity index (χ0n) is 15.8. The summed E-state index contributed by atoms with van der Waals surface area (Å²) in [7, 11) is 0. The van der Waals surface area contributed by atoms with E-state index in [1.165, 1.54) is 12.8 Å². The molecule has 2 atom stereocenters. The fourth-order valence-electron chi connectivity index (χ4n) is 4.13. The highest BCUT2D eigenvalue weighted by atomic mass is 16.2. The van der Waals surface area contributed by atoms with Gasteiger partial charge < -0.3 is 15.5 Å². The molecule has 1 aromatic heterocycles. The van der Waals surface area contributed by atoms with Crippen molar-refractivity contribution in [1.82, 2.24) is 30.5 Å². The van der Waals surface area contributed by atoms with Crippen LogP contribution in [0.3, 0.4) is 0 Å². The lowest BCUT2D eigenvalue weighted by Crippen LogP contribution is -2.45. The van der Waals surface area contributed by atoms with E-state index in [1.807, 2.05) is 11.6 Å². The Bertz CT molecular complexity index is 580. The van der Waals surface area contributed by atoms with Crippen molar-refractivity contribution < 1.29 is 4.79 Å². The first-order valence-electron chi connectivity index (χ1n) is 9.70. The molecule has 0 aromatic carbocycles. The number of carbonyl (C=O) groups is 1. The monoisotopic (exact) mass is 348 g/mol. The Kier molecular flexibility index (Phi) is 6.06. The summed E-state index contributed by atoms with van der Waals surface area (Å²) in [5, 5.41) is 14.9. The molecule has 2 N–H and O–H groups in total. The number of nitrogens with zero attached hydrogens (tertiary/aromatic N) is 4. The molecule has 2 unspecified atom stereocenters. The van der Waals surface area contributed by atoms with Gasteiger partial charge in [-0.25, -0.2) is 4.68 Å². The van der Waals surface area contributed by atoms with Crippen LogP contribution in [0.15, 0.2) is 0 Å². The van der Waals surface area contributed by atoms with E-state index in [4.69, 9.17) is 0 Å². The third-order valence-corrected chi connectivity index (χ3v) is 5.45. The molecule has 7 heteroatoms. The molecule has 2 fully saturated rings. The van der Waals surface area contributed by atoms with E-state index in [0.29, 0.717) is 11.7 Å². The molecule has 0 radical (unpaired) electrons. The van der Waals surface area contributed by atoms with Gasteiger partial charge in [-0.3, -0.25) is 4.79 Å². The van der Waals surface area contributed by atoms with Gasteiger partial charge in [0.1, 0.15) is 0 Å². The van der Waals surface area contributed by atoms with Gasteiger partial charge in [-0.05, 0) is 65.1 Å². The van der Waals surface area contributed by atoms with Crippen LogP contribution in [0.25, 0.3) is 0 Å². The van der Waals surface area contributed by atoms with E-state index in [9.17, 15) is 4.79 Å². The van der Waals surface area contributed by atoms with Gasteiger partial charge >= 0.3 is 0 Å². The summed E-state index contributed by atoms with van der Waals surface area (Å²) in [6.07, 6.45) is 4.64. The Labute approximate surface area is 150 Å². The fourth-order valence-corrected chi connectivity index (χ4v) is 4.13. The van der Waals surface area contributed by atoms with Crippen molar-refractivity contribution in [2.45, 2.75) is 58.5 Å². The average molecular weight is 348 g/mol. The zero-order valence-corrected chi connectivity index (χ0v) is 15.8. The van der Waals surface area contributed by atoms with Crippen LogP contribution in [0.4, 0.5) is 0 Å². The quantitative estimate of drug-likeness (QED) is 0.840. The molecule has 0 bridgehead atoms. The van der Waals surface area contributed by atoms with Gasteiger partial charge in [0, 0.05) is 19.1 Å². The molecule has 25 heavy (non-hydrogen) atoms. The SMILES string of the molecule is Cc1c(C(=O)NC(C)CN2CCCC(C)C2)nnn1C1CCNCC1. The Morgan fingerprint density at radius 1 is 1.36 bits per heavy atom. The lowest BCUT2D eigenvalue weighted by molar-refractivity contribution is 0.0914. The molecule has 140 valence electrons. The van der Waals surface area contributed by atoms with Crippen molar-refractivity contribution in [3.63, 3.8) is 0 Å². The van der Waals surface area contributed by atoms with Gasteiger partial charge in [0.2, 0.25) is 0 Å². The summed E-state index contributed by atoms with van der Waals surface area (Å²) in [4.78, 5) is 15.1. The predicted molar refractivity (Wildman–Crippen MR) is 97.7 cm³/mol. The maximum absolute atomic E-state index is 12.6. The van der Waals surface area contributed by atoms with Crippen LogP contribution in [-0.4, -0.2) is 64.6 Å². The van der Waals surface area contributed by atoms with Gasteiger partial charge in [-0.15, -0.1) is 5.10 Å². The van der Waals surface area contributed by atoms with E-state index in [-0.39, 0.29) is 11.9 Å². The Balaban J connectivity index is 1.56. The Morgan fingerprint density at radius 2 is 2.12 bits per heavy atom. The fraction of sp³-hybridized carbons (Fsp3) is 0.833. The average Bonchev–Trinajstić information content (AvgIpc) is 2.97. The lowest BCUT2D eigenvalue weighted by Gasteiger charge is -2.32. The predicted octanol–water partition coefficient (Wildman–Crippen LogP) is 1.36. The number of carbonyl (C=O) groups excluding carboxylic acids is 1. The van der Waals surface area contributed by atoms with E-state index < -0.39 is 0 Å². The molecule has 7 nitrogen and oxygen atoms in total. The number of hydrogen-bond acceptors (Lipinski definition) is 5. The van der Waals surface area contributed by atoms with Gasteiger partial charge in [-0.1, -0.05) is 12.1 Å². The van der Waals surface area contributed by atoms with Crippen molar-refractivity contribution in [2.75, 3.05) is 32.7 Å². The van der Waals surface area contributed by atoms with Gasteiger partial charge in [-0.2, -0.15) is 0 Å². The molecular formula is C18H32N6O. The van der Waals surface area contributed by atoms with Gasteiger partial charge in [0.15, 0.2) is 5.69 Å². The molecular weight excluding hydrogens is 316 g/mol. The number of amides is 1. The summed E-state index contributed by atoms with van der Waals surface area (Å²) in [6, 6.07) is 0.462. The number of aromatic nitrogens is 3. The molecule has 3 rings (SSSR count). The second-order valence-electron chi connectivity index (χ2n) is 7.83. The molecule has 3 heterocycles. The lowest BCUT2D eigenvalue weighted by atomic mass is 10.00. The smallest absolute Gasteiger partial charge is 0.274 e. The summed E-state index contributed by atoms with van der Waals surface area (Å²) < 4.78 is 1.94. The van der Waals surface area contributed by atoms with Crippen LogP contribution < -0.4 is 10.6 Å². The number of piperidine rings is 2. The number of nitrogens with one attached hydrogen (secondary N) is 2. The topological polar surface area (TPSA) is 75.1 Å². The second kappa shape index (κ2) is 8.27. The van der Waals surface area contributed by atoms with Gasteiger partial charge in [0.25, 0.3) is 5.91 Å². The maximum atomic E-state index is 12.6. The van der Waals surface area contributed by atoms with Crippen LogP contribution in [-0.2, 0) is 0 Å². The van der Waals surface area contributed by atoms with Crippen LogP contribution in [0.1, 0.15) is 61.8 Å². The van der Waals surface area contributed by atoms with Crippen molar-refractivity contribution in [3.05, 3.63) is 11.4 Å². The van der Waals surface area contributed by atoms with E-state index in [1.54, 1.807) is 0 Å². The van der Waals surface area contributed by atoms with E-state index >= 15 is 0 Å². The Morgan fingerprint density at radius 3 is 2.84 bits per heavy atom. The molecule has 2 saturated heterocycles. The molecule has 2 aliphatic heterocycles. The summed E-state index contributed by atoms with van der Waals surface area (Å²) in [5.74, 6) is 0.652. The highest BCUT2D eigenvalue weighted by Gasteiger charge is 2.24. The molecule has 1 amide bonds. The third-order valence-electron chi connectivity index (χ3n) is 5.45. The maximum Gasteiger partial charge on any atom is 0.274 e. The molecule has 0 saturated carbocycles. The largest absolute Gasteiger partial charge is 0.347 e. The summed E-state index contributed by atoms with van der Waals surface area (Å²) in [6.45, 7) is 11.5. The van der Waals surface area contributed by atoms with Gasteiger partial charge in [0.05, 0.1) is 11.7 Å². The standard InChI is InChI=1S/C18H32N6O/c1-13-5-4-10-23(11-13)12-14(2)20-18(25)17-15(3)24(22-21-17)16-6-8-19-9-7-16/h13-14,16,19H,4-12H2,1-3H3,(H,20,25). The van der Waals surface area contributed by atoms with Crippen molar-refractivity contribution in [3.8, 4) is 0 Å². The second-order valence-corrected chi connectivity index (χ2v) is 7.83. The molecule has 1 aromatic rings. The van der Waals surface area contributed by atoms with Crippen molar-refractivity contribution in [2.24, 2.45) is 5.92 Å². The highest BCUT2D eigenvalue weighted by Crippen LogP contribution is 2.20.